The second-order valence-electron chi connectivity index (χ2n) is 4.64. The molecular weight excluding hydrogens is 252 g/mol. The molecule has 2 aromatic rings. The number of halogens is 2. The normalized spacial score (nSPS) is 11.3. The van der Waals surface area contributed by atoms with Crippen molar-refractivity contribution in [2.24, 2.45) is 0 Å². The van der Waals surface area contributed by atoms with Crippen LogP contribution in [0.1, 0.15) is 31.3 Å². The molecule has 0 aliphatic rings. The van der Waals surface area contributed by atoms with Crippen molar-refractivity contribution in [3.05, 3.63) is 35.2 Å². The lowest BCUT2D eigenvalue weighted by molar-refractivity contribution is 0.262. The van der Waals surface area contributed by atoms with E-state index >= 15 is 0 Å². The molecule has 4 nitrogen and oxygen atoms in total. The van der Waals surface area contributed by atoms with E-state index in [0.717, 1.165) is 6.07 Å². The number of aliphatic hydroxyl groups excluding tert-OH is 1. The molecule has 0 unspecified atom stereocenters. The number of hydrogen-bond donors (Lipinski definition) is 1. The summed E-state index contributed by atoms with van der Waals surface area (Å²) in [4.78, 5) is 0. The fraction of sp³-hybridized carbons (Fsp3) is 0.385. The molecule has 0 fully saturated rings. The van der Waals surface area contributed by atoms with E-state index in [1.165, 1.54) is 6.07 Å². The van der Waals surface area contributed by atoms with Crippen LogP contribution in [0.3, 0.4) is 0 Å². The van der Waals surface area contributed by atoms with Gasteiger partial charge >= 0.3 is 0 Å². The van der Waals surface area contributed by atoms with E-state index in [-0.39, 0.29) is 18.2 Å². The Morgan fingerprint density at radius 3 is 2.47 bits per heavy atom. The quantitative estimate of drug-likeness (QED) is 0.930. The van der Waals surface area contributed by atoms with Gasteiger partial charge < -0.3 is 9.67 Å². The van der Waals surface area contributed by atoms with E-state index in [1.807, 2.05) is 13.8 Å². The van der Waals surface area contributed by atoms with Crippen LogP contribution >= 0.6 is 0 Å². The molecule has 0 atom stereocenters. The van der Waals surface area contributed by atoms with Crippen molar-refractivity contribution in [3.8, 4) is 11.4 Å². The van der Waals surface area contributed by atoms with Gasteiger partial charge in [-0.3, -0.25) is 0 Å². The van der Waals surface area contributed by atoms with Crippen molar-refractivity contribution in [1.29, 1.82) is 0 Å². The number of aliphatic hydroxyl groups is 1. The Labute approximate surface area is 109 Å². The monoisotopic (exact) mass is 267 g/mol. The van der Waals surface area contributed by atoms with Crippen LogP contribution in [0.4, 0.5) is 8.78 Å². The van der Waals surface area contributed by atoms with Gasteiger partial charge in [0.1, 0.15) is 18.2 Å². The molecule has 0 bridgehead atoms. The molecule has 1 N–H and O–H groups in total. The first kappa shape index (κ1) is 13.6. The Bertz CT molecular complexity index is 608. The Morgan fingerprint density at radius 2 is 1.89 bits per heavy atom. The van der Waals surface area contributed by atoms with Gasteiger partial charge in [-0.2, -0.15) is 0 Å². The summed E-state index contributed by atoms with van der Waals surface area (Å²) in [6.07, 6.45) is 0. The lowest BCUT2D eigenvalue weighted by Gasteiger charge is -2.14. The summed E-state index contributed by atoms with van der Waals surface area (Å²) in [5, 5.41) is 16.9. The number of benzene rings is 1. The largest absolute Gasteiger partial charge is 0.388 e. The van der Waals surface area contributed by atoms with Gasteiger partial charge in [-0.1, -0.05) is 0 Å². The topological polar surface area (TPSA) is 50.9 Å². The maximum absolute atomic E-state index is 13.9. The average Bonchev–Trinajstić information content (AvgIpc) is 2.77. The van der Waals surface area contributed by atoms with Crippen molar-refractivity contribution in [1.82, 2.24) is 14.8 Å². The molecule has 102 valence electrons. The molecule has 0 saturated heterocycles. The third kappa shape index (κ3) is 2.35. The first-order valence-corrected chi connectivity index (χ1v) is 5.96. The lowest BCUT2D eigenvalue weighted by atomic mass is 10.1. The van der Waals surface area contributed by atoms with Gasteiger partial charge in [0.2, 0.25) is 0 Å². The van der Waals surface area contributed by atoms with Crippen molar-refractivity contribution < 1.29 is 13.9 Å². The first-order chi connectivity index (χ1) is 8.95. The zero-order valence-corrected chi connectivity index (χ0v) is 11.0. The summed E-state index contributed by atoms with van der Waals surface area (Å²) in [7, 11) is 0. The van der Waals surface area contributed by atoms with E-state index in [2.05, 4.69) is 10.2 Å². The molecule has 6 heteroatoms. The number of aryl methyl sites for hydroxylation is 1. The second-order valence-corrected chi connectivity index (χ2v) is 4.64. The van der Waals surface area contributed by atoms with Crippen LogP contribution in [-0.2, 0) is 6.61 Å². The van der Waals surface area contributed by atoms with E-state index in [4.69, 9.17) is 0 Å². The van der Waals surface area contributed by atoms with Crippen molar-refractivity contribution in [2.45, 2.75) is 33.4 Å². The van der Waals surface area contributed by atoms with Crippen LogP contribution in [0.15, 0.2) is 12.1 Å². The highest BCUT2D eigenvalue weighted by molar-refractivity contribution is 5.58. The van der Waals surface area contributed by atoms with Crippen LogP contribution in [0.5, 0.6) is 0 Å². The molecule has 2 rings (SSSR count). The van der Waals surface area contributed by atoms with Gasteiger partial charge in [-0.25, -0.2) is 8.78 Å². The zero-order valence-electron chi connectivity index (χ0n) is 11.0. The highest BCUT2D eigenvalue weighted by atomic mass is 19.1. The van der Waals surface area contributed by atoms with Gasteiger partial charge in [0, 0.05) is 12.1 Å². The van der Waals surface area contributed by atoms with Crippen LogP contribution in [0, 0.1) is 18.6 Å². The van der Waals surface area contributed by atoms with Crippen LogP contribution in [-0.4, -0.2) is 19.9 Å². The molecule has 0 amide bonds. The number of nitrogens with zero attached hydrogens (tertiary/aromatic N) is 3. The van der Waals surface area contributed by atoms with Gasteiger partial charge in [-0.15, -0.1) is 10.2 Å². The SMILES string of the molecule is Cc1cc(-c2nnc(CO)n2C(C)C)c(F)cc1F. The van der Waals surface area contributed by atoms with Crippen molar-refractivity contribution in [3.63, 3.8) is 0 Å². The molecule has 0 aliphatic carbocycles. The molecule has 1 aromatic heterocycles. The minimum absolute atomic E-state index is 0.0445. The minimum atomic E-state index is -0.693. The second kappa shape index (κ2) is 5.05. The summed E-state index contributed by atoms with van der Waals surface area (Å²) in [6, 6.07) is 2.19. The van der Waals surface area contributed by atoms with Crippen molar-refractivity contribution >= 4 is 0 Å². The number of hydrogen-bond acceptors (Lipinski definition) is 3. The highest BCUT2D eigenvalue weighted by Gasteiger charge is 2.19. The predicted octanol–water partition coefficient (Wildman–Crippen LogP) is 2.60. The molecule has 0 aliphatic heterocycles. The van der Waals surface area contributed by atoms with Crippen LogP contribution < -0.4 is 0 Å². The van der Waals surface area contributed by atoms with E-state index in [1.54, 1.807) is 11.5 Å². The molecule has 1 aromatic carbocycles. The van der Waals surface area contributed by atoms with Crippen molar-refractivity contribution in [2.75, 3.05) is 0 Å². The maximum Gasteiger partial charge on any atom is 0.167 e. The number of rotatable bonds is 3. The molecule has 0 spiro atoms. The molecule has 0 saturated carbocycles. The van der Waals surface area contributed by atoms with E-state index in [0.29, 0.717) is 17.2 Å². The molecule has 0 radical (unpaired) electrons. The third-order valence-electron chi connectivity index (χ3n) is 2.91. The van der Waals surface area contributed by atoms with Gasteiger partial charge in [0.05, 0.1) is 5.56 Å². The summed E-state index contributed by atoms with van der Waals surface area (Å²) < 4.78 is 28.8. The highest BCUT2D eigenvalue weighted by Crippen LogP contribution is 2.27. The van der Waals surface area contributed by atoms with Crippen LogP contribution in [0.25, 0.3) is 11.4 Å². The fourth-order valence-corrected chi connectivity index (χ4v) is 1.99. The molecule has 1 heterocycles. The first-order valence-electron chi connectivity index (χ1n) is 5.96. The summed E-state index contributed by atoms with van der Waals surface area (Å²) >= 11 is 0. The van der Waals surface area contributed by atoms with E-state index in [9.17, 15) is 13.9 Å². The third-order valence-corrected chi connectivity index (χ3v) is 2.91. The van der Waals surface area contributed by atoms with Crippen LogP contribution in [0.2, 0.25) is 0 Å². The van der Waals surface area contributed by atoms with Gasteiger partial charge in [0.25, 0.3) is 0 Å². The Hall–Kier alpha value is -1.82. The fourth-order valence-electron chi connectivity index (χ4n) is 1.99. The average molecular weight is 267 g/mol. The van der Waals surface area contributed by atoms with E-state index < -0.39 is 11.6 Å². The van der Waals surface area contributed by atoms with Gasteiger partial charge in [-0.05, 0) is 32.4 Å². The maximum atomic E-state index is 13.9. The van der Waals surface area contributed by atoms with Gasteiger partial charge in [0.15, 0.2) is 11.6 Å². The summed E-state index contributed by atoms with van der Waals surface area (Å²) in [5.41, 5.74) is 0.514. The molecule has 19 heavy (non-hydrogen) atoms. The Balaban J connectivity index is 2.65. The minimum Gasteiger partial charge on any atom is -0.388 e. The summed E-state index contributed by atoms with van der Waals surface area (Å²) in [5.74, 6) is -0.646. The smallest absolute Gasteiger partial charge is 0.167 e. The standard InChI is InChI=1S/C13H15F2N3O/c1-7(2)18-12(6-19)16-17-13(18)9-4-8(3)10(14)5-11(9)15/h4-5,7,19H,6H2,1-3H3. The lowest BCUT2D eigenvalue weighted by Crippen LogP contribution is -2.09. The Kier molecular flexibility index (Phi) is 3.61. The number of aromatic nitrogens is 3. The zero-order chi connectivity index (χ0) is 14.2. The Morgan fingerprint density at radius 1 is 1.21 bits per heavy atom. The predicted molar refractivity (Wildman–Crippen MR) is 66.4 cm³/mol. The summed E-state index contributed by atoms with van der Waals surface area (Å²) in [6.45, 7) is 5.02. The molecular formula is C13H15F2N3O.